The fourth-order valence-electron chi connectivity index (χ4n) is 1.60. The highest BCUT2D eigenvalue weighted by atomic mass is 35.5. The van der Waals surface area contributed by atoms with E-state index < -0.39 is 5.82 Å². The Morgan fingerprint density at radius 2 is 2.18 bits per heavy atom. The van der Waals surface area contributed by atoms with E-state index in [9.17, 15) is 4.39 Å². The van der Waals surface area contributed by atoms with E-state index in [1.54, 1.807) is 6.92 Å². The van der Waals surface area contributed by atoms with Gasteiger partial charge in [-0.25, -0.2) is 4.39 Å². The molecular weight excluding hydrogens is 247 g/mol. The van der Waals surface area contributed by atoms with E-state index in [1.165, 1.54) is 19.2 Å². The molecule has 0 fully saturated rings. The molecule has 2 N–H and O–H groups in total. The van der Waals surface area contributed by atoms with Gasteiger partial charge in [0.2, 0.25) is 0 Å². The minimum Gasteiger partial charge on any atom is -0.494 e. The zero-order chi connectivity index (χ0) is 12.6. The van der Waals surface area contributed by atoms with Crippen LogP contribution in [0.3, 0.4) is 0 Å². The number of hydrogen-bond acceptors (Lipinski definition) is 4. The van der Waals surface area contributed by atoms with E-state index in [0.717, 1.165) is 0 Å². The molecule has 2 aromatic rings. The predicted octanol–water partition coefficient (Wildman–Crippen LogP) is 3.03. The molecule has 0 bridgehead atoms. The number of nitrogen functional groups attached to an aromatic ring is 1. The van der Waals surface area contributed by atoms with Gasteiger partial charge in [-0.1, -0.05) is 16.8 Å². The van der Waals surface area contributed by atoms with Crippen molar-refractivity contribution in [1.82, 2.24) is 5.16 Å². The van der Waals surface area contributed by atoms with Gasteiger partial charge in [-0.05, 0) is 18.6 Å². The Kier molecular flexibility index (Phi) is 2.93. The van der Waals surface area contributed by atoms with Gasteiger partial charge in [-0.15, -0.1) is 0 Å². The molecule has 17 heavy (non-hydrogen) atoms. The van der Waals surface area contributed by atoms with Crippen molar-refractivity contribution in [3.63, 3.8) is 0 Å². The number of aromatic nitrogens is 1. The highest BCUT2D eigenvalue weighted by molar-refractivity contribution is 6.32. The number of benzene rings is 1. The van der Waals surface area contributed by atoms with E-state index >= 15 is 0 Å². The van der Waals surface area contributed by atoms with Crippen molar-refractivity contribution in [3.05, 3.63) is 28.5 Å². The first-order valence-electron chi connectivity index (χ1n) is 4.79. The van der Waals surface area contributed by atoms with Crippen molar-refractivity contribution < 1.29 is 13.7 Å². The summed E-state index contributed by atoms with van der Waals surface area (Å²) >= 11 is 5.91. The summed E-state index contributed by atoms with van der Waals surface area (Å²) < 4.78 is 23.8. The smallest absolute Gasteiger partial charge is 0.173 e. The molecule has 6 heteroatoms. The van der Waals surface area contributed by atoms with Gasteiger partial charge in [-0.3, -0.25) is 0 Å². The Bertz CT molecular complexity index is 569. The highest BCUT2D eigenvalue weighted by Gasteiger charge is 2.20. The van der Waals surface area contributed by atoms with Crippen LogP contribution in [0.25, 0.3) is 11.3 Å². The Balaban J connectivity index is 2.74. The summed E-state index contributed by atoms with van der Waals surface area (Å²) in [5.41, 5.74) is 6.24. The minimum atomic E-state index is -0.444. The SMILES string of the molecule is COc1c(Cl)cc(F)c(C)c1-c1cc(N)no1. The van der Waals surface area contributed by atoms with Crippen molar-refractivity contribution in [2.75, 3.05) is 12.8 Å². The maximum Gasteiger partial charge on any atom is 0.173 e. The van der Waals surface area contributed by atoms with Gasteiger partial charge in [0.15, 0.2) is 11.6 Å². The van der Waals surface area contributed by atoms with Crippen LogP contribution >= 0.6 is 11.6 Å². The standard InChI is InChI=1S/C11H10ClFN2O2/c1-5-7(13)3-6(12)11(16-2)10(5)8-4-9(14)15-17-8/h3-4H,1-2H3,(H2,14,15). The molecule has 0 saturated heterocycles. The average Bonchev–Trinajstić information content (AvgIpc) is 2.69. The van der Waals surface area contributed by atoms with Crippen LogP contribution in [0.5, 0.6) is 5.75 Å². The van der Waals surface area contributed by atoms with Gasteiger partial charge in [0, 0.05) is 6.07 Å². The summed E-state index contributed by atoms with van der Waals surface area (Å²) in [6.07, 6.45) is 0. The van der Waals surface area contributed by atoms with Crippen molar-refractivity contribution in [1.29, 1.82) is 0 Å². The summed E-state index contributed by atoms with van der Waals surface area (Å²) in [4.78, 5) is 0. The minimum absolute atomic E-state index is 0.167. The van der Waals surface area contributed by atoms with Crippen LogP contribution in [0.15, 0.2) is 16.7 Å². The van der Waals surface area contributed by atoms with Crippen molar-refractivity contribution in [2.45, 2.75) is 6.92 Å². The maximum absolute atomic E-state index is 13.6. The molecular formula is C11H10ClFN2O2. The molecule has 0 spiro atoms. The lowest BCUT2D eigenvalue weighted by molar-refractivity contribution is 0.405. The number of rotatable bonds is 2. The Labute approximate surface area is 102 Å². The van der Waals surface area contributed by atoms with E-state index in [1.807, 2.05) is 0 Å². The number of ether oxygens (including phenoxy) is 1. The molecule has 2 rings (SSSR count). The number of nitrogens with two attached hydrogens (primary N) is 1. The molecule has 0 amide bonds. The molecule has 4 nitrogen and oxygen atoms in total. The van der Waals surface area contributed by atoms with E-state index in [4.69, 9.17) is 26.6 Å². The fraction of sp³-hybridized carbons (Fsp3) is 0.182. The summed E-state index contributed by atoms with van der Waals surface area (Å²) in [6.45, 7) is 1.60. The number of nitrogens with zero attached hydrogens (tertiary/aromatic N) is 1. The van der Waals surface area contributed by atoms with E-state index in [-0.39, 0.29) is 10.8 Å². The van der Waals surface area contributed by atoms with Gasteiger partial charge in [0.25, 0.3) is 0 Å². The normalized spacial score (nSPS) is 10.6. The molecule has 0 unspecified atom stereocenters. The molecule has 0 aliphatic carbocycles. The van der Waals surface area contributed by atoms with Crippen molar-refractivity contribution in [3.8, 4) is 17.1 Å². The second-order valence-corrected chi connectivity index (χ2v) is 3.90. The van der Waals surface area contributed by atoms with Crippen LogP contribution in [-0.2, 0) is 0 Å². The van der Waals surface area contributed by atoms with Gasteiger partial charge in [0.05, 0.1) is 17.7 Å². The zero-order valence-electron chi connectivity index (χ0n) is 9.25. The van der Waals surface area contributed by atoms with Gasteiger partial charge >= 0.3 is 0 Å². The van der Waals surface area contributed by atoms with Gasteiger partial charge < -0.3 is 15.0 Å². The lowest BCUT2D eigenvalue weighted by Gasteiger charge is -2.11. The van der Waals surface area contributed by atoms with Crippen LogP contribution in [0.1, 0.15) is 5.56 Å². The third-order valence-corrected chi connectivity index (χ3v) is 2.69. The van der Waals surface area contributed by atoms with Crippen LogP contribution in [0.2, 0.25) is 5.02 Å². The van der Waals surface area contributed by atoms with E-state index in [2.05, 4.69) is 5.16 Å². The first-order valence-corrected chi connectivity index (χ1v) is 5.17. The number of methoxy groups -OCH3 is 1. The molecule has 1 aromatic heterocycles. The maximum atomic E-state index is 13.6. The summed E-state index contributed by atoms with van der Waals surface area (Å²) in [5.74, 6) is 0.419. The highest BCUT2D eigenvalue weighted by Crippen LogP contribution is 2.40. The van der Waals surface area contributed by atoms with Gasteiger partial charge in [0.1, 0.15) is 11.6 Å². The van der Waals surface area contributed by atoms with Crippen LogP contribution in [0, 0.1) is 12.7 Å². The number of halogens is 2. The molecule has 0 aliphatic rings. The number of hydrogen-bond donors (Lipinski definition) is 1. The summed E-state index contributed by atoms with van der Waals surface area (Å²) in [7, 11) is 1.45. The first-order chi connectivity index (χ1) is 8.04. The molecule has 0 saturated carbocycles. The van der Waals surface area contributed by atoms with Crippen molar-refractivity contribution >= 4 is 17.4 Å². The number of anilines is 1. The lowest BCUT2D eigenvalue weighted by Crippen LogP contribution is -1.95. The molecule has 0 atom stereocenters. The molecule has 0 aliphatic heterocycles. The van der Waals surface area contributed by atoms with Crippen LogP contribution < -0.4 is 10.5 Å². The molecule has 1 heterocycles. The average molecular weight is 257 g/mol. The first kappa shape index (κ1) is 11.7. The Hall–Kier alpha value is -1.75. The van der Waals surface area contributed by atoms with Crippen LogP contribution in [-0.4, -0.2) is 12.3 Å². The second-order valence-electron chi connectivity index (χ2n) is 3.49. The molecule has 0 radical (unpaired) electrons. The zero-order valence-corrected chi connectivity index (χ0v) is 10.0. The third kappa shape index (κ3) is 1.93. The van der Waals surface area contributed by atoms with E-state index in [0.29, 0.717) is 22.6 Å². The summed E-state index contributed by atoms with van der Waals surface area (Å²) in [6, 6.07) is 2.68. The third-order valence-electron chi connectivity index (χ3n) is 2.41. The predicted molar refractivity (Wildman–Crippen MR) is 62.6 cm³/mol. The largest absolute Gasteiger partial charge is 0.494 e. The summed E-state index contributed by atoms with van der Waals surface area (Å²) in [5, 5.41) is 3.72. The Morgan fingerprint density at radius 1 is 1.47 bits per heavy atom. The van der Waals surface area contributed by atoms with Gasteiger partial charge in [-0.2, -0.15) is 0 Å². The molecule has 1 aromatic carbocycles. The van der Waals surface area contributed by atoms with Crippen LogP contribution in [0.4, 0.5) is 10.2 Å². The lowest BCUT2D eigenvalue weighted by atomic mass is 10.0. The second kappa shape index (κ2) is 4.25. The monoisotopic (exact) mass is 256 g/mol. The van der Waals surface area contributed by atoms with Crippen molar-refractivity contribution in [2.24, 2.45) is 0 Å². The fourth-order valence-corrected chi connectivity index (χ4v) is 1.86. The topological polar surface area (TPSA) is 61.3 Å². The molecule has 90 valence electrons. The quantitative estimate of drug-likeness (QED) is 0.897. The Morgan fingerprint density at radius 3 is 2.71 bits per heavy atom.